The van der Waals surface area contributed by atoms with E-state index in [1.54, 1.807) is 6.26 Å². The summed E-state index contributed by atoms with van der Waals surface area (Å²) in [5, 5.41) is 14.2. The third-order valence-corrected chi connectivity index (χ3v) is 5.20. The molecule has 10 heteroatoms. The van der Waals surface area contributed by atoms with E-state index >= 15 is 0 Å². The molecule has 1 fully saturated rings. The van der Waals surface area contributed by atoms with Gasteiger partial charge >= 0.3 is 6.03 Å². The van der Waals surface area contributed by atoms with Crippen molar-refractivity contribution < 1.29 is 14.0 Å². The quantitative estimate of drug-likeness (QED) is 0.647. The zero-order valence-electron chi connectivity index (χ0n) is 16.2. The summed E-state index contributed by atoms with van der Waals surface area (Å²) in [5.41, 5.74) is 0. The van der Waals surface area contributed by atoms with Crippen LogP contribution in [-0.2, 0) is 11.3 Å². The largest absolute Gasteiger partial charge is 0.467 e. The zero-order valence-corrected chi connectivity index (χ0v) is 17.0. The summed E-state index contributed by atoms with van der Waals surface area (Å²) in [7, 11) is 0. The molecule has 0 aliphatic carbocycles. The number of rotatable bonds is 8. The number of hydrogen-bond donors (Lipinski definition) is 2. The van der Waals surface area contributed by atoms with Gasteiger partial charge in [0, 0.05) is 19.6 Å². The Morgan fingerprint density at radius 1 is 1.29 bits per heavy atom. The van der Waals surface area contributed by atoms with Crippen LogP contribution in [0.5, 0.6) is 0 Å². The Balaban J connectivity index is 1.62. The van der Waals surface area contributed by atoms with Crippen molar-refractivity contribution in [2.45, 2.75) is 38.4 Å². The molecule has 3 amide bonds. The molecule has 2 N–H and O–H groups in total. The lowest BCUT2D eigenvalue weighted by Crippen LogP contribution is -2.41. The van der Waals surface area contributed by atoms with Crippen LogP contribution in [0.25, 0.3) is 0 Å². The molecule has 28 heavy (non-hydrogen) atoms. The van der Waals surface area contributed by atoms with Gasteiger partial charge in [-0.2, -0.15) is 0 Å². The van der Waals surface area contributed by atoms with E-state index in [0.29, 0.717) is 24.2 Å². The number of thioether (sulfide) groups is 1. The number of carbonyl (C=O) groups excluding carboxylic acids is 2. The molecule has 3 heterocycles. The second-order valence-electron chi connectivity index (χ2n) is 7.08. The van der Waals surface area contributed by atoms with Crippen LogP contribution >= 0.6 is 11.8 Å². The first-order valence-electron chi connectivity index (χ1n) is 9.44. The van der Waals surface area contributed by atoms with Crippen molar-refractivity contribution >= 4 is 29.6 Å². The van der Waals surface area contributed by atoms with Crippen LogP contribution in [0, 0.1) is 5.92 Å². The predicted octanol–water partition coefficient (Wildman–Crippen LogP) is 2.09. The maximum absolute atomic E-state index is 12.1. The lowest BCUT2D eigenvalue weighted by molar-refractivity contribution is -0.117. The Labute approximate surface area is 168 Å². The summed E-state index contributed by atoms with van der Waals surface area (Å²) >= 11 is 1.25. The van der Waals surface area contributed by atoms with E-state index in [1.807, 2.05) is 30.5 Å². The highest BCUT2D eigenvalue weighted by molar-refractivity contribution is 7.99. The van der Waals surface area contributed by atoms with Gasteiger partial charge in [0.2, 0.25) is 11.9 Å². The van der Waals surface area contributed by atoms with Crippen molar-refractivity contribution in [1.29, 1.82) is 0 Å². The van der Waals surface area contributed by atoms with Crippen LogP contribution in [-0.4, -0.2) is 52.1 Å². The van der Waals surface area contributed by atoms with E-state index in [2.05, 4.69) is 25.7 Å². The lowest BCUT2D eigenvalue weighted by Gasteiger charge is -2.17. The lowest BCUT2D eigenvalue weighted by atomic mass is 10.2. The number of furan rings is 1. The molecule has 3 rings (SSSR count). The number of carbonyl (C=O) groups is 2. The van der Waals surface area contributed by atoms with E-state index in [9.17, 15) is 9.59 Å². The molecule has 9 nitrogen and oxygen atoms in total. The van der Waals surface area contributed by atoms with E-state index < -0.39 is 6.03 Å². The monoisotopic (exact) mass is 406 g/mol. The maximum atomic E-state index is 12.1. The number of nitrogens with one attached hydrogen (secondary N) is 2. The number of aromatic nitrogens is 3. The summed E-state index contributed by atoms with van der Waals surface area (Å²) in [6, 6.07) is 3.26. The van der Waals surface area contributed by atoms with Crippen LogP contribution in [0.1, 0.15) is 32.4 Å². The summed E-state index contributed by atoms with van der Waals surface area (Å²) in [4.78, 5) is 26.0. The van der Waals surface area contributed by atoms with Crippen LogP contribution in [0.3, 0.4) is 0 Å². The minimum absolute atomic E-state index is 0.0748. The fourth-order valence-electron chi connectivity index (χ4n) is 2.87. The van der Waals surface area contributed by atoms with E-state index in [1.165, 1.54) is 11.8 Å². The SMILES string of the molecule is CC(C)CNC(=O)NC(=O)CSc1nnc(N2CCCC2)n1Cc1ccco1. The van der Waals surface area contributed by atoms with Crippen LogP contribution in [0.4, 0.5) is 10.7 Å². The van der Waals surface area contributed by atoms with Gasteiger partial charge in [-0.05, 0) is 30.9 Å². The second kappa shape index (κ2) is 9.63. The minimum Gasteiger partial charge on any atom is -0.467 e. The van der Waals surface area contributed by atoms with Crippen molar-refractivity contribution in [3.8, 4) is 0 Å². The molecule has 0 spiro atoms. The average Bonchev–Trinajstić information content (AvgIpc) is 3.41. The van der Waals surface area contributed by atoms with Crippen molar-refractivity contribution in [2.24, 2.45) is 5.92 Å². The van der Waals surface area contributed by atoms with Crippen LogP contribution in [0.15, 0.2) is 28.0 Å². The van der Waals surface area contributed by atoms with Crippen molar-refractivity contribution in [1.82, 2.24) is 25.4 Å². The summed E-state index contributed by atoms with van der Waals surface area (Å²) in [6.07, 6.45) is 3.89. The second-order valence-corrected chi connectivity index (χ2v) is 8.03. The number of hydrogen-bond acceptors (Lipinski definition) is 7. The van der Waals surface area contributed by atoms with Gasteiger partial charge in [0.05, 0.1) is 18.6 Å². The first kappa shape index (κ1) is 20.2. The third-order valence-electron chi connectivity index (χ3n) is 4.24. The molecule has 0 radical (unpaired) electrons. The minimum atomic E-state index is -0.478. The zero-order chi connectivity index (χ0) is 19.9. The standard InChI is InChI=1S/C18H26N6O3S/c1-13(2)10-19-16(26)20-15(25)12-28-18-22-21-17(23-7-3-4-8-23)24(18)11-14-6-5-9-27-14/h5-6,9,13H,3-4,7-8,10-12H2,1-2H3,(H2,19,20,25,26). The van der Waals surface area contributed by atoms with Crippen molar-refractivity contribution in [3.63, 3.8) is 0 Å². The Bertz CT molecular complexity index is 783. The fraction of sp³-hybridized carbons (Fsp3) is 0.556. The number of nitrogens with zero attached hydrogens (tertiary/aromatic N) is 4. The summed E-state index contributed by atoms with van der Waals surface area (Å²) < 4.78 is 7.43. The maximum Gasteiger partial charge on any atom is 0.321 e. The molecule has 0 bridgehead atoms. The molecular formula is C18H26N6O3S. The van der Waals surface area contributed by atoms with Gasteiger partial charge in [0.25, 0.3) is 0 Å². The molecule has 0 unspecified atom stereocenters. The molecule has 0 saturated carbocycles. The Morgan fingerprint density at radius 2 is 2.07 bits per heavy atom. The van der Waals surface area contributed by atoms with E-state index in [-0.39, 0.29) is 11.7 Å². The number of urea groups is 1. The number of imide groups is 1. The Kier molecular flexibility index (Phi) is 6.96. The molecule has 0 aromatic carbocycles. The summed E-state index contributed by atoms with van der Waals surface area (Å²) in [5.74, 6) is 1.60. The van der Waals surface area contributed by atoms with Gasteiger partial charge in [-0.15, -0.1) is 10.2 Å². The number of amides is 3. The summed E-state index contributed by atoms with van der Waals surface area (Å²) in [6.45, 7) is 6.87. The Hall–Kier alpha value is -2.49. The number of anilines is 1. The third kappa shape index (κ3) is 5.51. The van der Waals surface area contributed by atoms with Crippen molar-refractivity contribution in [3.05, 3.63) is 24.2 Å². The van der Waals surface area contributed by atoms with Crippen LogP contribution in [0.2, 0.25) is 0 Å². The molecule has 0 atom stereocenters. The Morgan fingerprint density at radius 3 is 2.75 bits per heavy atom. The molecule has 1 aliphatic heterocycles. The molecule has 1 aliphatic rings. The average molecular weight is 407 g/mol. The molecule has 152 valence electrons. The topological polar surface area (TPSA) is 105 Å². The fourth-order valence-corrected chi connectivity index (χ4v) is 3.60. The normalized spacial score (nSPS) is 13.9. The highest BCUT2D eigenvalue weighted by Crippen LogP contribution is 2.25. The molecule has 2 aromatic rings. The van der Waals surface area contributed by atoms with Gasteiger partial charge < -0.3 is 14.6 Å². The molecule has 1 saturated heterocycles. The molecular weight excluding hydrogens is 380 g/mol. The van der Waals surface area contributed by atoms with Gasteiger partial charge in [-0.25, -0.2) is 4.79 Å². The highest BCUT2D eigenvalue weighted by Gasteiger charge is 2.22. The predicted molar refractivity (Wildman–Crippen MR) is 106 cm³/mol. The van der Waals surface area contributed by atoms with Gasteiger partial charge in [0.1, 0.15) is 5.76 Å². The highest BCUT2D eigenvalue weighted by atomic mass is 32.2. The van der Waals surface area contributed by atoms with Gasteiger partial charge in [-0.1, -0.05) is 25.6 Å². The molecule has 2 aromatic heterocycles. The van der Waals surface area contributed by atoms with Crippen molar-refractivity contribution in [2.75, 3.05) is 30.3 Å². The van der Waals surface area contributed by atoms with Gasteiger partial charge in [0.15, 0.2) is 5.16 Å². The first-order valence-corrected chi connectivity index (χ1v) is 10.4. The van der Waals surface area contributed by atoms with Crippen LogP contribution < -0.4 is 15.5 Å². The van der Waals surface area contributed by atoms with E-state index in [0.717, 1.165) is 37.6 Å². The van der Waals surface area contributed by atoms with Gasteiger partial charge in [-0.3, -0.25) is 14.7 Å². The first-order chi connectivity index (χ1) is 13.5. The van der Waals surface area contributed by atoms with E-state index in [4.69, 9.17) is 4.42 Å². The smallest absolute Gasteiger partial charge is 0.321 e.